The first-order valence-corrected chi connectivity index (χ1v) is 9.12. The first-order valence-electron chi connectivity index (χ1n) is 9.12. The van der Waals surface area contributed by atoms with Crippen LogP contribution in [0.2, 0.25) is 0 Å². The van der Waals surface area contributed by atoms with Gasteiger partial charge in [-0.25, -0.2) is 4.99 Å². The maximum absolute atomic E-state index is 6.03. The predicted molar refractivity (Wildman–Crippen MR) is 104 cm³/mol. The summed E-state index contributed by atoms with van der Waals surface area (Å²) in [5, 5.41) is 0. The van der Waals surface area contributed by atoms with E-state index in [2.05, 4.69) is 4.99 Å². The summed E-state index contributed by atoms with van der Waals surface area (Å²) in [6.45, 7) is 7.81. The van der Waals surface area contributed by atoms with E-state index < -0.39 is 0 Å². The second-order valence-corrected chi connectivity index (χ2v) is 7.40. The summed E-state index contributed by atoms with van der Waals surface area (Å²) in [7, 11) is 0. The van der Waals surface area contributed by atoms with Gasteiger partial charge in [-0.1, -0.05) is 26.8 Å². The van der Waals surface area contributed by atoms with E-state index in [1.807, 2.05) is 45.0 Å². The fraction of sp³-hybridized carbons (Fsp3) is 0.550. The van der Waals surface area contributed by atoms with Crippen LogP contribution in [0.5, 0.6) is 5.75 Å². The number of hydrogen-bond acceptors (Lipinski definition) is 5. The summed E-state index contributed by atoms with van der Waals surface area (Å²) < 4.78 is 16.9. The average Bonchev–Trinajstić information content (AvgIpc) is 2.59. The van der Waals surface area contributed by atoms with Crippen LogP contribution in [0, 0.1) is 5.41 Å². The molecule has 1 aliphatic rings. The molecule has 0 radical (unpaired) electrons. The fourth-order valence-corrected chi connectivity index (χ4v) is 2.38. The molecule has 2 rings (SSSR count). The number of amidine groups is 1. The first kappa shape index (κ1) is 20.3. The molecule has 0 bridgehead atoms. The minimum atomic E-state index is -0.146. The van der Waals surface area contributed by atoms with Crippen molar-refractivity contribution < 1.29 is 14.2 Å². The molecule has 1 aliphatic heterocycles. The van der Waals surface area contributed by atoms with E-state index in [0.29, 0.717) is 24.7 Å². The molecule has 1 fully saturated rings. The number of rotatable bonds is 7. The highest BCUT2D eigenvalue weighted by atomic mass is 16.7. The van der Waals surface area contributed by atoms with E-state index >= 15 is 0 Å². The van der Waals surface area contributed by atoms with Crippen LogP contribution in [0.4, 0.5) is 5.69 Å². The number of nitrogens with two attached hydrogens (primary N) is 2. The normalized spacial score (nSPS) is 19.4. The van der Waals surface area contributed by atoms with Gasteiger partial charge in [0.15, 0.2) is 6.29 Å². The quantitative estimate of drug-likeness (QED) is 0.441. The molecular formula is C20H31N3O3. The summed E-state index contributed by atoms with van der Waals surface area (Å²) in [5.41, 5.74) is 13.3. The van der Waals surface area contributed by atoms with Crippen LogP contribution >= 0.6 is 0 Å². The number of ether oxygens (including phenoxy) is 3. The minimum Gasteiger partial charge on any atom is -0.491 e. The Hall–Kier alpha value is -2.05. The fourth-order valence-electron chi connectivity index (χ4n) is 2.38. The zero-order chi connectivity index (χ0) is 19.0. The maximum Gasteiger partial charge on any atom is 0.157 e. The molecule has 0 amide bonds. The third-order valence-corrected chi connectivity index (χ3v) is 4.04. The average molecular weight is 361 g/mol. The summed E-state index contributed by atoms with van der Waals surface area (Å²) in [4.78, 5) is 4.38. The second-order valence-electron chi connectivity index (χ2n) is 7.40. The molecule has 1 atom stereocenters. The van der Waals surface area contributed by atoms with E-state index in [0.717, 1.165) is 37.3 Å². The number of allylic oxidation sites excluding steroid dienone is 1. The molecule has 1 saturated heterocycles. The van der Waals surface area contributed by atoms with Crippen molar-refractivity contribution in [2.75, 3.05) is 19.8 Å². The van der Waals surface area contributed by atoms with Crippen LogP contribution in [-0.2, 0) is 9.47 Å². The van der Waals surface area contributed by atoms with Gasteiger partial charge in [-0.3, -0.25) is 0 Å². The standard InChI is InChI=1S/C20H31N3O3/c1-20(2,3)17(21)14-18(22)23-15-7-6-8-16(13-15)24-11-12-26-19-9-4-5-10-25-19/h6-8,13-14,19H,4-5,9-12,21H2,1-3H3,(H2,22,23)/b17-14-. The zero-order valence-electron chi connectivity index (χ0n) is 16.0. The van der Waals surface area contributed by atoms with Crippen LogP contribution in [0.25, 0.3) is 0 Å². The molecular weight excluding hydrogens is 330 g/mol. The largest absolute Gasteiger partial charge is 0.491 e. The van der Waals surface area contributed by atoms with Gasteiger partial charge >= 0.3 is 0 Å². The predicted octanol–water partition coefficient (Wildman–Crippen LogP) is 3.49. The van der Waals surface area contributed by atoms with Crippen molar-refractivity contribution in [1.82, 2.24) is 0 Å². The topological polar surface area (TPSA) is 92.1 Å². The number of nitrogens with zero attached hydrogens (tertiary/aromatic N) is 1. The van der Waals surface area contributed by atoms with Gasteiger partial charge in [-0.15, -0.1) is 0 Å². The number of aliphatic imine (C=N–C) groups is 1. The smallest absolute Gasteiger partial charge is 0.157 e. The van der Waals surface area contributed by atoms with E-state index in [9.17, 15) is 0 Å². The Kier molecular flexibility index (Phi) is 7.48. The van der Waals surface area contributed by atoms with E-state index in [1.165, 1.54) is 0 Å². The van der Waals surface area contributed by atoms with Crippen molar-refractivity contribution in [3.05, 3.63) is 36.0 Å². The SMILES string of the molecule is CC(C)(C)/C(N)=C/C(N)=Nc1cccc(OCCOC2CCCCO2)c1. The van der Waals surface area contributed by atoms with Crippen molar-refractivity contribution in [2.45, 2.75) is 46.3 Å². The maximum atomic E-state index is 6.03. The highest BCUT2D eigenvalue weighted by molar-refractivity contribution is 5.94. The summed E-state index contributed by atoms with van der Waals surface area (Å²) in [5.74, 6) is 1.09. The molecule has 0 aromatic heterocycles. The molecule has 1 heterocycles. The lowest BCUT2D eigenvalue weighted by Crippen LogP contribution is -2.24. The highest BCUT2D eigenvalue weighted by Crippen LogP contribution is 2.22. The van der Waals surface area contributed by atoms with Crippen molar-refractivity contribution in [1.29, 1.82) is 0 Å². The lowest BCUT2D eigenvalue weighted by atomic mass is 9.92. The van der Waals surface area contributed by atoms with Crippen molar-refractivity contribution >= 4 is 11.5 Å². The third-order valence-electron chi connectivity index (χ3n) is 4.04. The van der Waals surface area contributed by atoms with E-state index in [1.54, 1.807) is 6.08 Å². The molecule has 1 aromatic carbocycles. The van der Waals surface area contributed by atoms with Crippen LogP contribution < -0.4 is 16.2 Å². The van der Waals surface area contributed by atoms with Gasteiger partial charge in [-0.2, -0.15) is 0 Å². The monoisotopic (exact) mass is 361 g/mol. The Morgan fingerprint density at radius 3 is 2.77 bits per heavy atom. The van der Waals surface area contributed by atoms with Gasteiger partial charge in [0.1, 0.15) is 18.2 Å². The highest BCUT2D eigenvalue weighted by Gasteiger charge is 2.14. The molecule has 6 nitrogen and oxygen atoms in total. The van der Waals surface area contributed by atoms with Crippen LogP contribution in [0.1, 0.15) is 40.0 Å². The molecule has 6 heteroatoms. The molecule has 1 unspecified atom stereocenters. The van der Waals surface area contributed by atoms with Gasteiger partial charge in [-0.05, 0) is 37.5 Å². The second kappa shape index (κ2) is 9.59. The summed E-state index contributed by atoms with van der Waals surface area (Å²) in [6, 6.07) is 7.47. The Balaban J connectivity index is 1.85. The first-order chi connectivity index (χ1) is 12.3. The van der Waals surface area contributed by atoms with Crippen LogP contribution in [0.3, 0.4) is 0 Å². The van der Waals surface area contributed by atoms with Gasteiger partial charge in [0.2, 0.25) is 0 Å². The number of benzene rings is 1. The van der Waals surface area contributed by atoms with Gasteiger partial charge < -0.3 is 25.7 Å². The summed E-state index contributed by atoms with van der Waals surface area (Å²) >= 11 is 0. The molecule has 0 aliphatic carbocycles. The Morgan fingerprint density at radius 2 is 2.08 bits per heavy atom. The van der Waals surface area contributed by atoms with Crippen LogP contribution in [-0.4, -0.2) is 31.9 Å². The lowest BCUT2D eigenvalue weighted by molar-refractivity contribution is -0.165. The van der Waals surface area contributed by atoms with E-state index in [4.69, 9.17) is 25.7 Å². The van der Waals surface area contributed by atoms with Crippen molar-refractivity contribution in [2.24, 2.45) is 21.9 Å². The van der Waals surface area contributed by atoms with Gasteiger partial charge in [0, 0.05) is 23.8 Å². The summed E-state index contributed by atoms with van der Waals surface area (Å²) in [6.07, 6.45) is 4.83. The Morgan fingerprint density at radius 1 is 1.27 bits per heavy atom. The van der Waals surface area contributed by atoms with Crippen molar-refractivity contribution in [3.63, 3.8) is 0 Å². The van der Waals surface area contributed by atoms with Crippen LogP contribution in [0.15, 0.2) is 41.0 Å². The molecule has 4 N–H and O–H groups in total. The molecule has 26 heavy (non-hydrogen) atoms. The third kappa shape index (κ3) is 7.06. The minimum absolute atomic E-state index is 0.0943. The molecule has 0 spiro atoms. The Bertz CT molecular complexity index is 629. The molecule has 0 saturated carbocycles. The van der Waals surface area contributed by atoms with Gasteiger partial charge in [0.25, 0.3) is 0 Å². The van der Waals surface area contributed by atoms with Gasteiger partial charge in [0.05, 0.1) is 12.3 Å². The zero-order valence-corrected chi connectivity index (χ0v) is 16.0. The van der Waals surface area contributed by atoms with Crippen molar-refractivity contribution in [3.8, 4) is 5.75 Å². The number of hydrogen-bond donors (Lipinski definition) is 2. The van der Waals surface area contributed by atoms with E-state index in [-0.39, 0.29) is 11.7 Å². The molecule has 144 valence electrons. The molecule has 1 aromatic rings. The Labute approximate surface area is 156 Å². The lowest BCUT2D eigenvalue weighted by Gasteiger charge is -2.22.